The summed E-state index contributed by atoms with van der Waals surface area (Å²) in [6, 6.07) is 0. The van der Waals surface area contributed by atoms with Gasteiger partial charge in [-0.05, 0) is 33.6 Å². The standard InChI is InChI=1S/C12H18N2O4/c1-12(2,3)18-11(17)14-7-9(13-8-14)5-4-6-10(15)16/h7-8H,4-6H2,1-3H3,(H,15,16). The summed E-state index contributed by atoms with van der Waals surface area (Å²) in [5.74, 6) is -0.832. The summed E-state index contributed by atoms with van der Waals surface area (Å²) in [5.41, 5.74) is 0.132. The van der Waals surface area contributed by atoms with Crippen LogP contribution in [0.25, 0.3) is 0 Å². The third-order valence-electron chi connectivity index (χ3n) is 2.06. The summed E-state index contributed by atoms with van der Waals surface area (Å²) in [6.07, 6.45) is 3.58. The van der Waals surface area contributed by atoms with Crippen LogP contribution < -0.4 is 0 Å². The first-order chi connectivity index (χ1) is 8.28. The Morgan fingerprint density at radius 1 is 1.44 bits per heavy atom. The van der Waals surface area contributed by atoms with Gasteiger partial charge in [-0.2, -0.15) is 0 Å². The van der Waals surface area contributed by atoms with Crippen molar-refractivity contribution in [2.45, 2.75) is 45.6 Å². The lowest BCUT2D eigenvalue weighted by atomic mass is 10.2. The molecular weight excluding hydrogens is 236 g/mol. The van der Waals surface area contributed by atoms with Crippen molar-refractivity contribution in [1.29, 1.82) is 0 Å². The number of carbonyl (C=O) groups excluding carboxylic acids is 1. The number of aromatic nitrogens is 2. The number of aryl methyl sites for hydroxylation is 1. The fourth-order valence-electron chi connectivity index (χ4n) is 1.33. The van der Waals surface area contributed by atoms with Crippen LogP contribution in [0.3, 0.4) is 0 Å². The fraction of sp³-hybridized carbons (Fsp3) is 0.583. The molecule has 0 atom stereocenters. The Kier molecular flexibility index (Phi) is 4.47. The van der Waals surface area contributed by atoms with Crippen molar-refractivity contribution >= 4 is 12.1 Å². The summed E-state index contributed by atoms with van der Waals surface area (Å²) < 4.78 is 6.43. The largest absolute Gasteiger partial charge is 0.481 e. The van der Waals surface area contributed by atoms with E-state index < -0.39 is 17.7 Å². The van der Waals surface area contributed by atoms with Crippen molar-refractivity contribution in [3.8, 4) is 0 Å². The highest BCUT2D eigenvalue weighted by Gasteiger charge is 2.17. The summed E-state index contributed by atoms with van der Waals surface area (Å²) in [5, 5.41) is 8.51. The number of carboxylic acid groups (broad SMARTS) is 1. The van der Waals surface area contributed by atoms with Gasteiger partial charge >= 0.3 is 12.1 Å². The minimum absolute atomic E-state index is 0.0965. The molecule has 1 aromatic heterocycles. The van der Waals surface area contributed by atoms with E-state index in [0.29, 0.717) is 18.5 Å². The third-order valence-corrected chi connectivity index (χ3v) is 2.06. The van der Waals surface area contributed by atoms with Crippen LogP contribution in [0.15, 0.2) is 12.5 Å². The van der Waals surface area contributed by atoms with Crippen molar-refractivity contribution in [2.75, 3.05) is 0 Å². The minimum Gasteiger partial charge on any atom is -0.481 e. The quantitative estimate of drug-likeness (QED) is 0.889. The average Bonchev–Trinajstić information content (AvgIpc) is 2.63. The lowest BCUT2D eigenvalue weighted by molar-refractivity contribution is -0.137. The lowest BCUT2D eigenvalue weighted by Crippen LogP contribution is -2.26. The van der Waals surface area contributed by atoms with Crippen LogP contribution in [0, 0.1) is 0 Å². The second kappa shape index (κ2) is 5.66. The van der Waals surface area contributed by atoms with Gasteiger partial charge in [0.25, 0.3) is 0 Å². The molecular formula is C12H18N2O4. The number of hydrogen-bond donors (Lipinski definition) is 1. The minimum atomic E-state index is -0.832. The Morgan fingerprint density at radius 3 is 2.67 bits per heavy atom. The number of imidazole rings is 1. The lowest BCUT2D eigenvalue weighted by Gasteiger charge is -2.19. The topological polar surface area (TPSA) is 81.4 Å². The van der Waals surface area contributed by atoms with Crippen LogP contribution in [0.1, 0.15) is 39.3 Å². The van der Waals surface area contributed by atoms with Gasteiger partial charge in [-0.15, -0.1) is 0 Å². The highest BCUT2D eigenvalue weighted by molar-refractivity contribution is 5.70. The average molecular weight is 254 g/mol. The molecule has 0 aliphatic carbocycles. The predicted octanol–water partition coefficient (Wildman–Crippen LogP) is 2.07. The zero-order valence-corrected chi connectivity index (χ0v) is 10.8. The first-order valence-electron chi connectivity index (χ1n) is 5.76. The molecule has 0 aliphatic heterocycles. The second-order valence-electron chi connectivity index (χ2n) is 5.00. The first kappa shape index (κ1) is 14.2. The van der Waals surface area contributed by atoms with Gasteiger partial charge < -0.3 is 9.84 Å². The molecule has 0 amide bonds. The van der Waals surface area contributed by atoms with Crippen LogP contribution in [-0.2, 0) is 16.0 Å². The van der Waals surface area contributed by atoms with E-state index in [1.165, 1.54) is 10.9 Å². The van der Waals surface area contributed by atoms with Gasteiger partial charge in [0.15, 0.2) is 0 Å². The molecule has 0 bridgehead atoms. The number of carboxylic acids is 1. The van der Waals surface area contributed by atoms with Crippen LogP contribution in [0.5, 0.6) is 0 Å². The zero-order chi connectivity index (χ0) is 13.8. The molecule has 18 heavy (non-hydrogen) atoms. The van der Waals surface area contributed by atoms with Gasteiger partial charge in [-0.1, -0.05) is 0 Å². The Labute approximate surface area is 106 Å². The van der Waals surface area contributed by atoms with Gasteiger partial charge in [0.2, 0.25) is 0 Å². The van der Waals surface area contributed by atoms with Gasteiger partial charge in [0.05, 0.1) is 5.69 Å². The van der Waals surface area contributed by atoms with Crippen LogP contribution >= 0.6 is 0 Å². The number of aliphatic carboxylic acids is 1. The van der Waals surface area contributed by atoms with E-state index in [1.54, 1.807) is 27.0 Å². The maximum atomic E-state index is 11.7. The Balaban J connectivity index is 2.52. The van der Waals surface area contributed by atoms with Gasteiger partial charge in [-0.25, -0.2) is 14.3 Å². The van der Waals surface area contributed by atoms with E-state index in [2.05, 4.69) is 4.98 Å². The molecule has 0 saturated heterocycles. The molecule has 0 saturated carbocycles. The molecule has 0 radical (unpaired) electrons. The van der Waals surface area contributed by atoms with Crippen molar-refractivity contribution in [2.24, 2.45) is 0 Å². The highest BCUT2D eigenvalue weighted by atomic mass is 16.6. The van der Waals surface area contributed by atoms with Crippen LogP contribution in [0.2, 0.25) is 0 Å². The van der Waals surface area contributed by atoms with Crippen molar-refractivity contribution in [3.63, 3.8) is 0 Å². The van der Waals surface area contributed by atoms with Gasteiger partial charge in [-0.3, -0.25) is 4.79 Å². The van der Waals surface area contributed by atoms with Crippen LogP contribution in [-0.4, -0.2) is 32.3 Å². The SMILES string of the molecule is CC(C)(C)OC(=O)n1cnc(CCCC(=O)O)c1. The normalized spacial score (nSPS) is 11.3. The number of rotatable bonds is 4. The summed E-state index contributed by atoms with van der Waals surface area (Å²) in [4.78, 5) is 26.1. The summed E-state index contributed by atoms with van der Waals surface area (Å²) in [7, 11) is 0. The van der Waals surface area contributed by atoms with E-state index in [-0.39, 0.29) is 6.42 Å². The number of carbonyl (C=O) groups is 2. The van der Waals surface area contributed by atoms with E-state index in [4.69, 9.17) is 9.84 Å². The van der Waals surface area contributed by atoms with Crippen molar-refractivity contribution in [1.82, 2.24) is 9.55 Å². The molecule has 6 nitrogen and oxygen atoms in total. The summed E-state index contributed by atoms with van der Waals surface area (Å²) in [6.45, 7) is 5.36. The van der Waals surface area contributed by atoms with Gasteiger partial charge in [0, 0.05) is 12.6 Å². The summed E-state index contributed by atoms with van der Waals surface area (Å²) >= 11 is 0. The molecule has 0 aliphatic rings. The first-order valence-corrected chi connectivity index (χ1v) is 5.76. The fourth-order valence-corrected chi connectivity index (χ4v) is 1.33. The van der Waals surface area contributed by atoms with E-state index in [0.717, 1.165) is 0 Å². The Hall–Kier alpha value is -1.85. The molecule has 1 heterocycles. The van der Waals surface area contributed by atoms with Gasteiger partial charge in [0.1, 0.15) is 11.9 Å². The second-order valence-corrected chi connectivity index (χ2v) is 5.00. The van der Waals surface area contributed by atoms with E-state index in [9.17, 15) is 9.59 Å². The van der Waals surface area contributed by atoms with E-state index >= 15 is 0 Å². The molecule has 100 valence electrons. The molecule has 1 rings (SSSR count). The van der Waals surface area contributed by atoms with Crippen molar-refractivity contribution in [3.05, 3.63) is 18.2 Å². The molecule has 0 aromatic carbocycles. The zero-order valence-electron chi connectivity index (χ0n) is 10.8. The molecule has 0 spiro atoms. The Bertz CT molecular complexity index is 432. The number of hydrogen-bond acceptors (Lipinski definition) is 4. The van der Waals surface area contributed by atoms with Crippen LogP contribution in [0.4, 0.5) is 4.79 Å². The van der Waals surface area contributed by atoms with E-state index in [1.807, 2.05) is 0 Å². The molecule has 0 unspecified atom stereocenters. The molecule has 0 fully saturated rings. The number of ether oxygens (including phenoxy) is 1. The number of nitrogens with zero attached hydrogens (tertiary/aromatic N) is 2. The van der Waals surface area contributed by atoms with Crippen molar-refractivity contribution < 1.29 is 19.4 Å². The maximum absolute atomic E-state index is 11.7. The highest BCUT2D eigenvalue weighted by Crippen LogP contribution is 2.10. The Morgan fingerprint density at radius 2 is 2.11 bits per heavy atom. The maximum Gasteiger partial charge on any atom is 0.419 e. The molecule has 1 aromatic rings. The monoisotopic (exact) mass is 254 g/mol. The predicted molar refractivity (Wildman–Crippen MR) is 64.4 cm³/mol. The smallest absolute Gasteiger partial charge is 0.419 e. The third kappa shape index (κ3) is 4.99. The molecule has 1 N–H and O–H groups in total. The molecule has 6 heteroatoms.